The van der Waals surface area contributed by atoms with Gasteiger partial charge < -0.3 is 5.32 Å². The van der Waals surface area contributed by atoms with E-state index in [1.54, 1.807) is 12.4 Å². The maximum atomic E-state index is 6.19. The van der Waals surface area contributed by atoms with Gasteiger partial charge in [-0.3, -0.25) is 4.98 Å². The Hall–Kier alpha value is -1.17. The highest BCUT2D eigenvalue weighted by atomic mass is 79.9. The van der Waals surface area contributed by atoms with Crippen LogP contribution in [0.1, 0.15) is 0 Å². The normalized spacial score (nSPS) is 10.8. The fraction of sp³-hybridized carbons (Fsp3) is 0. The lowest BCUT2D eigenvalue weighted by atomic mass is 10.2. The summed E-state index contributed by atoms with van der Waals surface area (Å²) < 4.78 is 1.78. The summed E-state index contributed by atoms with van der Waals surface area (Å²) in [6.45, 7) is 0. The summed E-state index contributed by atoms with van der Waals surface area (Å²) in [5.74, 6) is 0.725. The first-order valence-corrected chi connectivity index (χ1v) is 7.73. The standard InChI is InChI=1S/C14H8Br2ClN3/c15-8-6-10(16)14(19-7-8)20-12-4-3-11(17)9-2-1-5-18-13(9)12/h1-7H,(H,19,20). The van der Waals surface area contributed by atoms with Crippen molar-refractivity contribution < 1.29 is 0 Å². The van der Waals surface area contributed by atoms with Crippen LogP contribution in [0.25, 0.3) is 10.9 Å². The van der Waals surface area contributed by atoms with E-state index in [2.05, 4.69) is 47.1 Å². The molecule has 1 aromatic carbocycles. The van der Waals surface area contributed by atoms with Crippen LogP contribution in [0.15, 0.2) is 51.7 Å². The molecule has 0 aliphatic rings. The fourth-order valence-corrected chi connectivity index (χ4v) is 3.17. The van der Waals surface area contributed by atoms with Gasteiger partial charge in [0.2, 0.25) is 0 Å². The van der Waals surface area contributed by atoms with Gasteiger partial charge >= 0.3 is 0 Å². The van der Waals surface area contributed by atoms with E-state index in [1.165, 1.54) is 0 Å². The third kappa shape index (κ3) is 2.66. The van der Waals surface area contributed by atoms with Crippen LogP contribution >= 0.6 is 43.5 Å². The van der Waals surface area contributed by atoms with Gasteiger partial charge in [0.05, 0.1) is 20.7 Å². The second-order valence-electron chi connectivity index (χ2n) is 4.10. The van der Waals surface area contributed by atoms with Gasteiger partial charge in [-0.25, -0.2) is 4.98 Å². The minimum atomic E-state index is 0.682. The summed E-state index contributed by atoms with van der Waals surface area (Å²) in [5, 5.41) is 4.86. The molecule has 0 atom stereocenters. The van der Waals surface area contributed by atoms with Crippen molar-refractivity contribution in [1.82, 2.24) is 9.97 Å². The molecule has 0 bridgehead atoms. The number of fused-ring (bicyclic) bond motifs is 1. The minimum Gasteiger partial charge on any atom is -0.338 e. The first-order chi connectivity index (χ1) is 9.65. The summed E-state index contributed by atoms with van der Waals surface area (Å²) in [6.07, 6.45) is 3.48. The van der Waals surface area contributed by atoms with Gasteiger partial charge in [0.15, 0.2) is 0 Å². The Labute approximate surface area is 137 Å². The lowest BCUT2D eigenvalue weighted by Crippen LogP contribution is -1.96. The number of hydrogen-bond donors (Lipinski definition) is 1. The van der Waals surface area contributed by atoms with Crippen molar-refractivity contribution in [1.29, 1.82) is 0 Å². The molecule has 0 spiro atoms. The second kappa shape index (κ2) is 5.68. The van der Waals surface area contributed by atoms with Crippen LogP contribution in [-0.2, 0) is 0 Å². The molecule has 20 heavy (non-hydrogen) atoms. The van der Waals surface area contributed by atoms with Crippen LogP contribution in [0.4, 0.5) is 11.5 Å². The summed E-state index contributed by atoms with van der Waals surface area (Å²) in [6, 6.07) is 9.49. The number of pyridine rings is 2. The summed E-state index contributed by atoms with van der Waals surface area (Å²) in [5.41, 5.74) is 1.68. The van der Waals surface area contributed by atoms with Gasteiger partial charge in [0, 0.05) is 22.3 Å². The molecule has 2 aromatic heterocycles. The number of nitrogens with one attached hydrogen (secondary N) is 1. The van der Waals surface area contributed by atoms with Gasteiger partial charge in [-0.2, -0.15) is 0 Å². The van der Waals surface area contributed by atoms with Gasteiger partial charge in [-0.1, -0.05) is 11.6 Å². The lowest BCUT2D eigenvalue weighted by Gasteiger charge is -2.10. The van der Waals surface area contributed by atoms with E-state index in [0.717, 1.165) is 31.4 Å². The van der Waals surface area contributed by atoms with Crippen molar-refractivity contribution >= 4 is 65.9 Å². The predicted molar refractivity (Wildman–Crippen MR) is 89.7 cm³/mol. The van der Waals surface area contributed by atoms with Crippen LogP contribution < -0.4 is 5.32 Å². The van der Waals surface area contributed by atoms with E-state index in [9.17, 15) is 0 Å². The molecular formula is C14H8Br2ClN3. The van der Waals surface area contributed by atoms with Gasteiger partial charge in [0.25, 0.3) is 0 Å². The van der Waals surface area contributed by atoms with Crippen molar-refractivity contribution in [3.05, 3.63) is 56.7 Å². The quantitative estimate of drug-likeness (QED) is 0.598. The van der Waals surface area contributed by atoms with E-state index in [-0.39, 0.29) is 0 Å². The van der Waals surface area contributed by atoms with Crippen molar-refractivity contribution in [3.63, 3.8) is 0 Å². The molecule has 0 radical (unpaired) electrons. The summed E-state index contributed by atoms with van der Waals surface area (Å²) in [7, 11) is 0. The van der Waals surface area contributed by atoms with Crippen LogP contribution in [0.2, 0.25) is 5.02 Å². The van der Waals surface area contributed by atoms with E-state index >= 15 is 0 Å². The topological polar surface area (TPSA) is 37.8 Å². The van der Waals surface area contributed by atoms with Crippen LogP contribution in [0, 0.1) is 0 Å². The Balaban J connectivity index is 2.09. The second-order valence-corrected chi connectivity index (χ2v) is 6.28. The summed E-state index contributed by atoms with van der Waals surface area (Å²) >= 11 is 13.0. The highest BCUT2D eigenvalue weighted by Crippen LogP contribution is 2.32. The third-order valence-electron chi connectivity index (χ3n) is 2.78. The molecule has 6 heteroatoms. The Morgan fingerprint density at radius 2 is 1.95 bits per heavy atom. The number of aromatic nitrogens is 2. The van der Waals surface area contributed by atoms with Gasteiger partial charge in [0.1, 0.15) is 5.82 Å². The van der Waals surface area contributed by atoms with Crippen molar-refractivity contribution in [3.8, 4) is 0 Å². The van der Waals surface area contributed by atoms with Gasteiger partial charge in [-0.05, 0) is 62.2 Å². The average molecular weight is 414 g/mol. The monoisotopic (exact) mass is 411 g/mol. The fourth-order valence-electron chi connectivity index (χ4n) is 1.87. The van der Waals surface area contributed by atoms with Crippen LogP contribution in [0.5, 0.6) is 0 Å². The highest BCUT2D eigenvalue weighted by Gasteiger charge is 2.08. The molecular weight excluding hydrogens is 405 g/mol. The largest absolute Gasteiger partial charge is 0.338 e. The number of benzene rings is 1. The molecule has 3 nitrogen and oxygen atoms in total. The molecule has 0 aliphatic carbocycles. The van der Waals surface area contributed by atoms with E-state index < -0.39 is 0 Å². The Kier molecular flexibility index (Phi) is 3.92. The molecule has 0 saturated carbocycles. The molecule has 3 rings (SSSR count). The molecule has 0 amide bonds. The van der Waals surface area contributed by atoms with E-state index in [0.29, 0.717) is 5.02 Å². The first kappa shape index (κ1) is 13.8. The molecule has 3 aromatic rings. The van der Waals surface area contributed by atoms with Crippen molar-refractivity contribution in [2.24, 2.45) is 0 Å². The predicted octanol–water partition coefficient (Wildman–Crippen LogP) is 5.55. The molecule has 0 unspecified atom stereocenters. The Morgan fingerprint density at radius 1 is 1.10 bits per heavy atom. The zero-order chi connectivity index (χ0) is 14.1. The minimum absolute atomic E-state index is 0.682. The Morgan fingerprint density at radius 3 is 2.75 bits per heavy atom. The maximum absolute atomic E-state index is 6.19. The van der Waals surface area contributed by atoms with E-state index in [1.807, 2.05) is 30.3 Å². The number of rotatable bonds is 2. The van der Waals surface area contributed by atoms with Crippen molar-refractivity contribution in [2.75, 3.05) is 5.32 Å². The zero-order valence-electron chi connectivity index (χ0n) is 10.1. The number of anilines is 2. The molecule has 0 fully saturated rings. The Bertz CT molecular complexity index is 792. The molecule has 100 valence electrons. The van der Waals surface area contributed by atoms with Crippen LogP contribution in [0.3, 0.4) is 0 Å². The van der Waals surface area contributed by atoms with Crippen LogP contribution in [-0.4, -0.2) is 9.97 Å². The third-order valence-corrected chi connectivity index (χ3v) is 4.15. The molecule has 1 N–H and O–H groups in total. The molecule has 0 saturated heterocycles. The number of hydrogen-bond acceptors (Lipinski definition) is 3. The first-order valence-electron chi connectivity index (χ1n) is 5.76. The molecule has 0 aliphatic heterocycles. The number of halogens is 3. The summed E-state index contributed by atoms with van der Waals surface area (Å²) in [4.78, 5) is 8.72. The SMILES string of the molecule is Clc1ccc(Nc2ncc(Br)cc2Br)c2ncccc12. The number of nitrogens with zero attached hydrogens (tertiary/aromatic N) is 2. The van der Waals surface area contributed by atoms with E-state index in [4.69, 9.17) is 11.6 Å². The van der Waals surface area contributed by atoms with Gasteiger partial charge in [-0.15, -0.1) is 0 Å². The van der Waals surface area contributed by atoms with Crippen molar-refractivity contribution in [2.45, 2.75) is 0 Å². The smallest absolute Gasteiger partial charge is 0.144 e. The average Bonchev–Trinajstić information content (AvgIpc) is 2.45. The molecule has 2 heterocycles. The zero-order valence-corrected chi connectivity index (χ0v) is 14.0. The highest BCUT2D eigenvalue weighted by molar-refractivity contribution is 9.11. The lowest BCUT2D eigenvalue weighted by molar-refractivity contribution is 1.27. The maximum Gasteiger partial charge on any atom is 0.144 e.